The number of rotatable bonds is 7. The number of carbonyl (C=O) groups is 1. The van der Waals surface area contributed by atoms with Crippen molar-refractivity contribution in [2.24, 2.45) is 5.92 Å². The Balaban J connectivity index is 2.02. The molecule has 0 aliphatic rings. The first kappa shape index (κ1) is 17.8. The number of hydrogen-bond acceptors (Lipinski definition) is 3. The monoisotopic (exact) mass is 348 g/mol. The third-order valence-corrected chi connectivity index (χ3v) is 4.77. The first-order valence-corrected chi connectivity index (χ1v) is 9.03. The zero-order valence-corrected chi connectivity index (χ0v) is 15.0. The molecule has 1 aromatic heterocycles. The van der Waals surface area contributed by atoms with Gasteiger partial charge in [-0.1, -0.05) is 43.6 Å². The van der Waals surface area contributed by atoms with Crippen LogP contribution < -0.4 is 5.32 Å². The highest BCUT2D eigenvalue weighted by atomic mass is 35.5. The quantitative estimate of drug-likeness (QED) is 0.730. The predicted octanol–water partition coefficient (Wildman–Crippen LogP) is 4.80. The molecule has 5 heteroatoms. The van der Waals surface area contributed by atoms with Crippen LogP contribution in [0.25, 0.3) is 0 Å². The number of carbonyl (C=O) groups excluding carboxylic acids is 1. The molecule has 122 valence electrons. The van der Waals surface area contributed by atoms with Crippen LogP contribution in [0.1, 0.15) is 36.2 Å². The van der Waals surface area contributed by atoms with E-state index in [-0.39, 0.29) is 5.91 Å². The summed E-state index contributed by atoms with van der Waals surface area (Å²) in [6.45, 7) is 4.96. The lowest BCUT2D eigenvalue weighted by molar-refractivity contribution is 0.0948. The minimum Gasteiger partial charge on any atom is -0.352 e. The van der Waals surface area contributed by atoms with Crippen LogP contribution in [-0.2, 0) is 5.75 Å². The fourth-order valence-electron chi connectivity index (χ4n) is 2.01. The molecule has 1 N–H and O–H groups in total. The molecule has 2 rings (SSSR count). The fraction of sp³-hybridized carbons (Fsp3) is 0.333. The lowest BCUT2D eigenvalue weighted by Gasteiger charge is -2.10. The lowest BCUT2D eigenvalue weighted by atomic mass is 10.1. The highest BCUT2D eigenvalue weighted by molar-refractivity contribution is 7.98. The Morgan fingerprint density at radius 2 is 2.04 bits per heavy atom. The van der Waals surface area contributed by atoms with Crippen molar-refractivity contribution in [3.63, 3.8) is 0 Å². The number of amides is 1. The molecule has 0 aliphatic carbocycles. The molecule has 0 radical (unpaired) electrons. The lowest BCUT2D eigenvalue weighted by Crippen LogP contribution is -2.26. The summed E-state index contributed by atoms with van der Waals surface area (Å²) in [5.74, 6) is 1.18. The number of benzene rings is 1. The molecule has 2 aromatic rings. The largest absolute Gasteiger partial charge is 0.352 e. The van der Waals surface area contributed by atoms with Gasteiger partial charge in [0, 0.05) is 23.5 Å². The van der Waals surface area contributed by atoms with Crippen molar-refractivity contribution in [2.75, 3.05) is 6.54 Å². The minimum atomic E-state index is -0.0691. The number of hydrogen-bond donors (Lipinski definition) is 1. The maximum absolute atomic E-state index is 12.3. The van der Waals surface area contributed by atoms with E-state index in [0.29, 0.717) is 23.8 Å². The second kappa shape index (κ2) is 8.94. The Hall–Kier alpha value is -1.52. The van der Waals surface area contributed by atoms with Gasteiger partial charge in [0.25, 0.3) is 5.91 Å². The Labute approximate surface area is 146 Å². The molecule has 1 amide bonds. The zero-order chi connectivity index (χ0) is 16.7. The topological polar surface area (TPSA) is 42.0 Å². The molecular formula is C18H21ClN2OS. The predicted molar refractivity (Wildman–Crippen MR) is 97.0 cm³/mol. The summed E-state index contributed by atoms with van der Waals surface area (Å²) in [5, 5.41) is 4.43. The number of pyridine rings is 1. The van der Waals surface area contributed by atoms with Crippen LogP contribution in [-0.4, -0.2) is 17.4 Å². The molecular weight excluding hydrogens is 328 g/mol. The van der Waals surface area contributed by atoms with Gasteiger partial charge < -0.3 is 5.32 Å². The number of nitrogens with zero attached hydrogens (tertiary/aromatic N) is 1. The van der Waals surface area contributed by atoms with E-state index in [1.165, 1.54) is 11.8 Å². The first-order chi connectivity index (χ1) is 11.1. The number of thioether (sulfide) groups is 1. The summed E-state index contributed by atoms with van der Waals surface area (Å²) in [6.07, 6.45) is 2.67. The van der Waals surface area contributed by atoms with Crippen molar-refractivity contribution in [1.82, 2.24) is 10.3 Å². The molecule has 0 saturated carbocycles. The van der Waals surface area contributed by atoms with Crippen molar-refractivity contribution in [3.05, 3.63) is 58.7 Å². The average Bonchev–Trinajstić information content (AvgIpc) is 2.54. The summed E-state index contributed by atoms with van der Waals surface area (Å²) < 4.78 is 0. The average molecular weight is 349 g/mol. The molecule has 0 aliphatic heterocycles. The van der Waals surface area contributed by atoms with Gasteiger partial charge in [0.1, 0.15) is 5.03 Å². The van der Waals surface area contributed by atoms with Gasteiger partial charge in [0.2, 0.25) is 0 Å². The molecule has 0 bridgehead atoms. The van der Waals surface area contributed by atoms with Gasteiger partial charge >= 0.3 is 0 Å². The zero-order valence-electron chi connectivity index (χ0n) is 13.4. The van der Waals surface area contributed by atoms with Gasteiger partial charge in [0.05, 0.1) is 5.56 Å². The third kappa shape index (κ3) is 5.56. The van der Waals surface area contributed by atoms with E-state index in [0.717, 1.165) is 22.0 Å². The van der Waals surface area contributed by atoms with Gasteiger partial charge in [-0.3, -0.25) is 4.79 Å². The van der Waals surface area contributed by atoms with E-state index in [9.17, 15) is 4.79 Å². The normalized spacial score (nSPS) is 10.8. The van der Waals surface area contributed by atoms with Crippen LogP contribution in [0.4, 0.5) is 0 Å². The van der Waals surface area contributed by atoms with Crippen LogP contribution in [0.15, 0.2) is 47.6 Å². The van der Waals surface area contributed by atoms with Gasteiger partial charge in [-0.2, -0.15) is 0 Å². The third-order valence-electron chi connectivity index (χ3n) is 3.35. The van der Waals surface area contributed by atoms with E-state index in [1.54, 1.807) is 12.3 Å². The maximum Gasteiger partial charge on any atom is 0.254 e. The van der Waals surface area contributed by atoms with Gasteiger partial charge in [-0.05, 0) is 36.1 Å². The Morgan fingerprint density at radius 3 is 2.78 bits per heavy atom. The van der Waals surface area contributed by atoms with Crippen molar-refractivity contribution in [2.45, 2.75) is 31.0 Å². The fourth-order valence-corrected chi connectivity index (χ4v) is 3.29. The van der Waals surface area contributed by atoms with Crippen molar-refractivity contribution in [1.29, 1.82) is 0 Å². The SMILES string of the molecule is CC(C)CCNC(=O)c1cccnc1SCc1ccccc1Cl. The molecule has 1 aromatic carbocycles. The molecule has 0 atom stereocenters. The molecule has 1 heterocycles. The van der Waals surface area contributed by atoms with Crippen LogP contribution in [0.5, 0.6) is 0 Å². The molecule has 0 saturated heterocycles. The van der Waals surface area contributed by atoms with E-state index in [4.69, 9.17) is 11.6 Å². The van der Waals surface area contributed by atoms with Crippen LogP contribution in [0.3, 0.4) is 0 Å². The van der Waals surface area contributed by atoms with Crippen LogP contribution in [0.2, 0.25) is 5.02 Å². The van der Waals surface area contributed by atoms with E-state index in [2.05, 4.69) is 24.1 Å². The molecule has 0 fully saturated rings. The van der Waals surface area contributed by atoms with Crippen molar-refractivity contribution >= 4 is 29.3 Å². The van der Waals surface area contributed by atoms with Crippen LogP contribution in [0, 0.1) is 5.92 Å². The molecule has 0 spiro atoms. The highest BCUT2D eigenvalue weighted by Gasteiger charge is 2.13. The van der Waals surface area contributed by atoms with Crippen molar-refractivity contribution in [3.8, 4) is 0 Å². The summed E-state index contributed by atoms with van der Waals surface area (Å²) in [4.78, 5) is 16.7. The highest BCUT2D eigenvalue weighted by Crippen LogP contribution is 2.27. The van der Waals surface area contributed by atoms with Gasteiger partial charge in [0.15, 0.2) is 0 Å². The molecule has 3 nitrogen and oxygen atoms in total. The van der Waals surface area contributed by atoms with Gasteiger partial charge in [-0.25, -0.2) is 4.98 Å². The number of nitrogens with one attached hydrogen (secondary N) is 1. The summed E-state index contributed by atoms with van der Waals surface area (Å²) in [7, 11) is 0. The van der Waals surface area contributed by atoms with E-state index < -0.39 is 0 Å². The van der Waals surface area contributed by atoms with E-state index >= 15 is 0 Å². The smallest absolute Gasteiger partial charge is 0.254 e. The van der Waals surface area contributed by atoms with Gasteiger partial charge in [-0.15, -0.1) is 11.8 Å². The summed E-state index contributed by atoms with van der Waals surface area (Å²) in [6, 6.07) is 11.3. The van der Waals surface area contributed by atoms with Crippen LogP contribution >= 0.6 is 23.4 Å². The summed E-state index contributed by atoms with van der Waals surface area (Å²) in [5.41, 5.74) is 1.66. The maximum atomic E-state index is 12.3. The number of aromatic nitrogens is 1. The van der Waals surface area contributed by atoms with E-state index in [1.807, 2.05) is 30.3 Å². The minimum absolute atomic E-state index is 0.0691. The Kier molecular flexibility index (Phi) is 6.93. The second-order valence-electron chi connectivity index (χ2n) is 5.67. The first-order valence-electron chi connectivity index (χ1n) is 7.67. The summed E-state index contributed by atoms with van der Waals surface area (Å²) >= 11 is 7.70. The Morgan fingerprint density at radius 1 is 1.26 bits per heavy atom. The Bertz CT molecular complexity index is 661. The molecule has 0 unspecified atom stereocenters. The van der Waals surface area contributed by atoms with Crippen molar-refractivity contribution < 1.29 is 4.79 Å². The second-order valence-corrected chi connectivity index (χ2v) is 7.05. The number of halogens is 1. The molecule has 23 heavy (non-hydrogen) atoms. The standard InChI is InChI=1S/C18H21ClN2OS/c1-13(2)9-11-20-17(22)15-7-5-10-21-18(15)23-12-14-6-3-4-8-16(14)19/h3-8,10,13H,9,11-12H2,1-2H3,(H,20,22).